The van der Waals surface area contributed by atoms with E-state index in [-0.39, 0.29) is 0 Å². The predicted molar refractivity (Wildman–Crippen MR) is 57.1 cm³/mol. The second-order valence-electron chi connectivity index (χ2n) is 2.64. The van der Waals surface area contributed by atoms with Gasteiger partial charge in [0.15, 0.2) is 5.16 Å². The number of halogens is 1. The van der Waals surface area contributed by atoms with Crippen LogP contribution in [0.5, 0.6) is 0 Å². The Morgan fingerprint density at radius 3 is 2.57 bits per heavy atom. The Bertz CT molecular complexity index is 425. The summed E-state index contributed by atoms with van der Waals surface area (Å²) in [5.41, 5.74) is 0. The second kappa shape index (κ2) is 4.10. The minimum absolute atomic E-state index is 0.723. The number of aromatic nitrogens is 4. The minimum Gasteiger partial charge on any atom is -0.275 e. The summed E-state index contributed by atoms with van der Waals surface area (Å²) in [6.45, 7) is 0. The van der Waals surface area contributed by atoms with Crippen molar-refractivity contribution in [3.63, 3.8) is 0 Å². The van der Waals surface area contributed by atoms with E-state index >= 15 is 0 Å². The molecule has 0 spiro atoms. The highest BCUT2D eigenvalue weighted by atomic mass is 79.9. The van der Waals surface area contributed by atoms with E-state index in [1.807, 2.05) is 13.2 Å². The fourth-order valence-electron chi connectivity index (χ4n) is 0.910. The van der Waals surface area contributed by atoms with Gasteiger partial charge in [0.05, 0.1) is 15.6 Å². The lowest BCUT2D eigenvalue weighted by Gasteiger charge is -1.95. The number of aryl methyl sites for hydroxylation is 1. The van der Waals surface area contributed by atoms with Gasteiger partial charge in [0.25, 0.3) is 0 Å². The normalized spacial score (nSPS) is 10.4. The Hall–Kier alpha value is -0.880. The van der Waals surface area contributed by atoms with Crippen LogP contribution in [-0.2, 0) is 7.05 Å². The molecule has 72 valence electrons. The fourth-order valence-corrected chi connectivity index (χ4v) is 1.84. The molecule has 0 amide bonds. The molecule has 0 aliphatic heterocycles. The maximum Gasteiger partial charge on any atom is 0.192 e. The van der Waals surface area contributed by atoms with Crippen molar-refractivity contribution in [3.8, 4) is 0 Å². The zero-order valence-corrected chi connectivity index (χ0v) is 9.79. The topological polar surface area (TPSA) is 43.6 Å². The number of hydrogen-bond donors (Lipinski definition) is 0. The van der Waals surface area contributed by atoms with Gasteiger partial charge in [-0.1, -0.05) is 0 Å². The SMILES string of the molecule is Cn1cc(Sc2ncc(Br)cn2)cn1. The van der Waals surface area contributed by atoms with Crippen LogP contribution in [0.25, 0.3) is 0 Å². The smallest absolute Gasteiger partial charge is 0.192 e. The molecule has 2 rings (SSSR count). The van der Waals surface area contributed by atoms with Gasteiger partial charge in [-0.25, -0.2) is 9.97 Å². The van der Waals surface area contributed by atoms with Gasteiger partial charge < -0.3 is 0 Å². The van der Waals surface area contributed by atoms with Crippen molar-refractivity contribution in [2.24, 2.45) is 7.05 Å². The molecule has 0 saturated heterocycles. The summed E-state index contributed by atoms with van der Waals surface area (Å²) in [4.78, 5) is 9.34. The number of hydrogen-bond acceptors (Lipinski definition) is 4. The molecule has 6 heteroatoms. The summed E-state index contributed by atoms with van der Waals surface area (Å²) >= 11 is 4.78. The van der Waals surface area contributed by atoms with Crippen LogP contribution in [0.4, 0.5) is 0 Å². The zero-order chi connectivity index (χ0) is 9.97. The van der Waals surface area contributed by atoms with E-state index in [1.54, 1.807) is 23.3 Å². The van der Waals surface area contributed by atoms with Gasteiger partial charge in [0, 0.05) is 25.6 Å². The van der Waals surface area contributed by atoms with Crippen molar-refractivity contribution in [1.82, 2.24) is 19.7 Å². The highest BCUT2D eigenvalue weighted by molar-refractivity contribution is 9.10. The third kappa shape index (κ3) is 2.33. The minimum atomic E-state index is 0.723. The quantitative estimate of drug-likeness (QED) is 0.785. The van der Waals surface area contributed by atoms with Crippen molar-refractivity contribution in [3.05, 3.63) is 29.3 Å². The predicted octanol–water partition coefficient (Wildman–Crippen LogP) is 2.12. The van der Waals surface area contributed by atoms with Crippen LogP contribution in [0.2, 0.25) is 0 Å². The third-order valence-corrected chi connectivity index (χ3v) is 2.74. The van der Waals surface area contributed by atoms with Gasteiger partial charge in [0.2, 0.25) is 0 Å². The van der Waals surface area contributed by atoms with E-state index in [1.165, 1.54) is 11.8 Å². The lowest BCUT2D eigenvalue weighted by atomic mass is 10.7. The molecule has 0 bridgehead atoms. The van der Waals surface area contributed by atoms with E-state index in [0.717, 1.165) is 14.5 Å². The number of rotatable bonds is 2. The molecule has 2 heterocycles. The van der Waals surface area contributed by atoms with E-state index < -0.39 is 0 Å². The molecule has 0 fully saturated rings. The van der Waals surface area contributed by atoms with Crippen molar-refractivity contribution in [1.29, 1.82) is 0 Å². The Kier molecular flexibility index (Phi) is 2.83. The number of nitrogens with zero attached hydrogens (tertiary/aromatic N) is 4. The molecular formula is C8H7BrN4S. The van der Waals surface area contributed by atoms with Gasteiger partial charge >= 0.3 is 0 Å². The Morgan fingerprint density at radius 1 is 1.29 bits per heavy atom. The Morgan fingerprint density at radius 2 is 2.00 bits per heavy atom. The molecule has 0 atom stereocenters. The first-order valence-electron chi connectivity index (χ1n) is 3.88. The average molecular weight is 271 g/mol. The van der Waals surface area contributed by atoms with Gasteiger partial charge in [-0.3, -0.25) is 4.68 Å². The third-order valence-electron chi connectivity index (χ3n) is 1.49. The Balaban J connectivity index is 2.15. The molecule has 0 aliphatic carbocycles. The first-order chi connectivity index (χ1) is 6.74. The largest absolute Gasteiger partial charge is 0.275 e. The van der Waals surface area contributed by atoms with Crippen LogP contribution >= 0.6 is 27.7 Å². The maximum absolute atomic E-state index is 4.15. The van der Waals surface area contributed by atoms with E-state index in [2.05, 4.69) is 31.0 Å². The van der Waals surface area contributed by atoms with Crippen LogP contribution in [0.15, 0.2) is 39.3 Å². The molecule has 4 nitrogen and oxygen atoms in total. The summed E-state index contributed by atoms with van der Waals surface area (Å²) in [5.74, 6) is 0. The summed E-state index contributed by atoms with van der Waals surface area (Å²) in [6.07, 6.45) is 7.17. The highest BCUT2D eigenvalue weighted by Gasteiger charge is 2.01. The summed E-state index contributed by atoms with van der Waals surface area (Å²) in [7, 11) is 1.88. The second-order valence-corrected chi connectivity index (χ2v) is 4.59. The standard InChI is InChI=1S/C8H7BrN4S/c1-13-5-7(4-12-13)14-8-10-2-6(9)3-11-8/h2-5H,1H3. The zero-order valence-electron chi connectivity index (χ0n) is 7.38. The monoisotopic (exact) mass is 270 g/mol. The molecule has 0 unspecified atom stereocenters. The van der Waals surface area contributed by atoms with Gasteiger partial charge in [-0.2, -0.15) is 5.10 Å². The van der Waals surface area contributed by atoms with Crippen LogP contribution < -0.4 is 0 Å². The highest BCUT2D eigenvalue weighted by Crippen LogP contribution is 2.23. The van der Waals surface area contributed by atoms with Gasteiger partial charge in [-0.15, -0.1) is 0 Å². The molecule has 0 radical (unpaired) electrons. The van der Waals surface area contributed by atoms with Crippen molar-refractivity contribution >= 4 is 27.7 Å². The molecule has 14 heavy (non-hydrogen) atoms. The van der Waals surface area contributed by atoms with Crippen LogP contribution in [-0.4, -0.2) is 19.7 Å². The van der Waals surface area contributed by atoms with E-state index in [9.17, 15) is 0 Å². The summed E-state index contributed by atoms with van der Waals surface area (Å²) < 4.78 is 2.63. The summed E-state index contributed by atoms with van der Waals surface area (Å²) in [5, 5.41) is 4.78. The van der Waals surface area contributed by atoms with Crippen LogP contribution in [0.1, 0.15) is 0 Å². The molecule has 0 N–H and O–H groups in total. The first-order valence-corrected chi connectivity index (χ1v) is 5.49. The van der Waals surface area contributed by atoms with Crippen molar-refractivity contribution < 1.29 is 0 Å². The lowest BCUT2D eigenvalue weighted by molar-refractivity contribution is 0.766. The average Bonchev–Trinajstić information content (AvgIpc) is 2.56. The van der Waals surface area contributed by atoms with Crippen molar-refractivity contribution in [2.45, 2.75) is 10.1 Å². The van der Waals surface area contributed by atoms with Gasteiger partial charge in [0.1, 0.15) is 0 Å². The molecule has 2 aromatic heterocycles. The molecular weight excluding hydrogens is 264 g/mol. The molecule has 0 aromatic carbocycles. The van der Waals surface area contributed by atoms with E-state index in [0.29, 0.717) is 0 Å². The molecule has 0 saturated carbocycles. The van der Waals surface area contributed by atoms with Crippen molar-refractivity contribution in [2.75, 3.05) is 0 Å². The van der Waals surface area contributed by atoms with E-state index in [4.69, 9.17) is 0 Å². The molecule has 0 aliphatic rings. The molecule has 2 aromatic rings. The lowest BCUT2D eigenvalue weighted by Crippen LogP contribution is -1.85. The van der Waals surface area contributed by atoms with Crippen LogP contribution in [0.3, 0.4) is 0 Å². The first kappa shape index (κ1) is 9.67. The van der Waals surface area contributed by atoms with Gasteiger partial charge in [-0.05, 0) is 27.7 Å². The maximum atomic E-state index is 4.15. The van der Waals surface area contributed by atoms with Crippen LogP contribution in [0, 0.1) is 0 Å². The summed E-state index contributed by atoms with van der Waals surface area (Å²) in [6, 6.07) is 0. The Labute approximate surface area is 93.9 Å². The fraction of sp³-hybridized carbons (Fsp3) is 0.125.